The third-order valence-corrected chi connectivity index (χ3v) is 6.13. The first-order valence-corrected chi connectivity index (χ1v) is 10.8. The Labute approximate surface area is 184 Å². The summed E-state index contributed by atoms with van der Waals surface area (Å²) in [5.74, 6) is 0.528. The Bertz CT molecular complexity index is 1200. The van der Waals surface area contributed by atoms with Gasteiger partial charge in [0.25, 0.3) is 5.91 Å². The number of likely N-dealkylation sites (tertiary alicyclic amines) is 1. The molecule has 2 aliphatic heterocycles. The molecule has 3 aromatic rings. The predicted octanol–water partition coefficient (Wildman–Crippen LogP) is 4.94. The zero-order valence-corrected chi connectivity index (χ0v) is 17.7. The van der Waals surface area contributed by atoms with E-state index >= 15 is 0 Å². The summed E-state index contributed by atoms with van der Waals surface area (Å²) in [4.78, 5) is 20.3. The van der Waals surface area contributed by atoms with Crippen LogP contribution in [0.3, 0.4) is 0 Å². The number of carbonyl (C=O) groups excluding carboxylic acids is 1. The van der Waals surface area contributed by atoms with Gasteiger partial charge in [0, 0.05) is 24.4 Å². The fourth-order valence-corrected chi connectivity index (χ4v) is 4.71. The molecule has 0 aliphatic carbocycles. The summed E-state index contributed by atoms with van der Waals surface area (Å²) < 4.78 is 33.3. The number of benzene rings is 2. The number of anilines is 1. The van der Waals surface area contributed by atoms with E-state index in [1.165, 1.54) is 6.07 Å². The van der Waals surface area contributed by atoms with Crippen molar-refractivity contribution in [3.63, 3.8) is 0 Å². The summed E-state index contributed by atoms with van der Waals surface area (Å²) in [5, 5.41) is 3.27. The number of rotatable bonds is 4. The third kappa shape index (κ3) is 3.49. The van der Waals surface area contributed by atoms with Gasteiger partial charge in [-0.3, -0.25) is 9.36 Å². The smallest absolute Gasteiger partial charge is 0.387 e. The van der Waals surface area contributed by atoms with Crippen LogP contribution in [0.1, 0.15) is 37.8 Å². The van der Waals surface area contributed by atoms with Gasteiger partial charge < -0.3 is 15.0 Å². The molecule has 5 rings (SSSR count). The average molecular weight is 438 g/mol. The number of hydrogen-bond donors (Lipinski definition) is 1. The second-order valence-electron chi connectivity index (χ2n) is 8.13. The Morgan fingerprint density at radius 1 is 1.09 bits per heavy atom. The number of para-hydroxylation sites is 3. The van der Waals surface area contributed by atoms with Crippen molar-refractivity contribution in [1.29, 1.82) is 0 Å². The summed E-state index contributed by atoms with van der Waals surface area (Å²) >= 11 is 0. The lowest BCUT2D eigenvalue weighted by Gasteiger charge is -2.35. The lowest BCUT2D eigenvalue weighted by molar-refractivity contribution is -0.128. The second-order valence-corrected chi connectivity index (χ2v) is 8.13. The van der Waals surface area contributed by atoms with Crippen LogP contribution in [-0.2, 0) is 4.79 Å². The summed E-state index contributed by atoms with van der Waals surface area (Å²) in [6, 6.07) is 13.6. The van der Waals surface area contributed by atoms with E-state index in [0.717, 1.165) is 30.3 Å². The molecule has 3 heterocycles. The average Bonchev–Trinajstić information content (AvgIpc) is 3.16. The normalized spacial score (nSPS) is 18.6. The topological polar surface area (TPSA) is 59.4 Å². The van der Waals surface area contributed by atoms with Crippen LogP contribution in [0, 0.1) is 0 Å². The first-order valence-electron chi connectivity index (χ1n) is 10.8. The van der Waals surface area contributed by atoms with Gasteiger partial charge in [-0.15, -0.1) is 0 Å². The number of aromatic nitrogens is 2. The molecule has 1 unspecified atom stereocenters. The zero-order valence-electron chi connectivity index (χ0n) is 17.7. The van der Waals surface area contributed by atoms with Gasteiger partial charge in [0.1, 0.15) is 5.75 Å². The Morgan fingerprint density at radius 3 is 2.59 bits per heavy atom. The van der Waals surface area contributed by atoms with E-state index in [1.807, 2.05) is 40.7 Å². The van der Waals surface area contributed by atoms with E-state index in [0.29, 0.717) is 35.9 Å². The molecule has 2 aromatic carbocycles. The number of piperidine rings is 1. The van der Waals surface area contributed by atoms with E-state index in [2.05, 4.69) is 10.3 Å². The molecule has 6 nitrogen and oxygen atoms in total. The number of fused-ring (bicyclic) bond motifs is 3. The molecule has 1 amide bonds. The largest absolute Gasteiger partial charge is 0.434 e. The van der Waals surface area contributed by atoms with Crippen molar-refractivity contribution in [2.24, 2.45) is 0 Å². The number of imidazole rings is 1. The maximum absolute atomic E-state index is 13.8. The van der Waals surface area contributed by atoms with Crippen molar-refractivity contribution in [1.82, 2.24) is 14.5 Å². The highest BCUT2D eigenvalue weighted by Crippen LogP contribution is 2.43. The quantitative estimate of drug-likeness (QED) is 0.627. The molecule has 1 N–H and O–H groups in total. The van der Waals surface area contributed by atoms with Crippen molar-refractivity contribution < 1.29 is 18.3 Å². The number of amides is 1. The summed E-state index contributed by atoms with van der Waals surface area (Å²) in [5.41, 5.74) is 3.25. The zero-order chi connectivity index (χ0) is 22.2. The fourth-order valence-electron chi connectivity index (χ4n) is 4.71. The third-order valence-electron chi connectivity index (χ3n) is 6.13. The van der Waals surface area contributed by atoms with Gasteiger partial charge >= 0.3 is 6.61 Å². The molecule has 0 bridgehead atoms. The highest BCUT2D eigenvalue weighted by molar-refractivity contribution is 5.98. The lowest BCUT2D eigenvalue weighted by Crippen LogP contribution is -2.40. The Balaban J connectivity index is 1.72. The van der Waals surface area contributed by atoms with Gasteiger partial charge in [-0.05, 0) is 44.4 Å². The first-order chi connectivity index (χ1) is 15.5. The van der Waals surface area contributed by atoms with Crippen molar-refractivity contribution in [3.8, 4) is 5.75 Å². The van der Waals surface area contributed by atoms with Crippen LogP contribution < -0.4 is 10.1 Å². The number of carbonyl (C=O) groups is 1. The minimum Gasteiger partial charge on any atom is -0.434 e. The second kappa shape index (κ2) is 8.26. The molecule has 0 saturated carbocycles. The van der Waals surface area contributed by atoms with Gasteiger partial charge in [0.05, 0.1) is 22.6 Å². The molecule has 0 spiro atoms. The van der Waals surface area contributed by atoms with Gasteiger partial charge in [0.15, 0.2) is 0 Å². The molecule has 2 aliphatic rings. The Hall–Kier alpha value is -3.42. The van der Waals surface area contributed by atoms with Gasteiger partial charge in [-0.25, -0.2) is 4.98 Å². The standard InChI is InChI=1S/C24H24F2N4O2/c1-15-20(22(31)29-13-7-2-8-14-29)21(16-9-3-6-12-19(16)32-23(25)26)30-18-11-5-4-10-17(18)28-24(30)27-15/h3-6,9-12,21,23H,2,7-8,13-14H2,1H3,(H,27,28). The number of allylic oxidation sites excluding steroid dienone is 1. The number of halogens is 2. The van der Waals surface area contributed by atoms with Gasteiger partial charge in [-0.1, -0.05) is 30.3 Å². The minimum atomic E-state index is -2.97. The van der Waals surface area contributed by atoms with Crippen LogP contribution in [-0.4, -0.2) is 40.1 Å². The Kier molecular flexibility index (Phi) is 5.28. The molecule has 166 valence electrons. The molecular weight excluding hydrogens is 414 g/mol. The van der Waals surface area contributed by atoms with Crippen LogP contribution in [0.2, 0.25) is 0 Å². The summed E-state index contributed by atoms with van der Waals surface area (Å²) in [6.45, 7) is 0.247. The van der Waals surface area contributed by atoms with E-state index in [4.69, 9.17) is 4.74 Å². The fraction of sp³-hybridized carbons (Fsp3) is 0.333. The molecule has 1 saturated heterocycles. The molecular formula is C24H24F2N4O2. The number of nitrogens with zero attached hydrogens (tertiary/aromatic N) is 3. The van der Waals surface area contributed by atoms with Gasteiger partial charge in [-0.2, -0.15) is 8.78 Å². The lowest BCUT2D eigenvalue weighted by atomic mass is 9.92. The molecule has 1 atom stereocenters. The monoisotopic (exact) mass is 438 g/mol. The van der Waals surface area contributed by atoms with Crippen LogP contribution in [0.4, 0.5) is 14.7 Å². The van der Waals surface area contributed by atoms with Crippen LogP contribution in [0.25, 0.3) is 11.0 Å². The molecule has 8 heteroatoms. The molecule has 1 fully saturated rings. The van der Waals surface area contributed by atoms with E-state index in [-0.39, 0.29) is 11.7 Å². The summed E-state index contributed by atoms with van der Waals surface area (Å²) in [6.07, 6.45) is 3.02. The maximum atomic E-state index is 13.8. The SMILES string of the molecule is CC1=C(C(=O)N2CCCCC2)C(c2ccccc2OC(F)F)n2c(nc3ccccc32)N1. The molecule has 1 aromatic heterocycles. The van der Waals surface area contributed by atoms with Crippen LogP contribution in [0.15, 0.2) is 59.8 Å². The van der Waals surface area contributed by atoms with E-state index < -0.39 is 12.7 Å². The minimum absolute atomic E-state index is 0.0508. The van der Waals surface area contributed by atoms with Crippen molar-refractivity contribution in [3.05, 3.63) is 65.4 Å². The number of ether oxygens (including phenoxy) is 1. The highest BCUT2D eigenvalue weighted by atomic mass is 19.3. The van der Waals surface area contributed by atoms with Crippen molar-refractivity contribution in [2.45, 2.75) is 38.8 Å². The first kappa shape index (κ1) is 20.5. The van der Waals surface area contributed by atoms with Crippen LogP contribution in [0.5, 0.6) is 5.75 Å². The van der Waals surface area contributed by atoms with Crippen molar-refractivity contribution >= 4 is 22.9 Å². The van der Waals surface area contributed by atoms with E-state index in [9.17, 15) is 13.6 Å². The number of nitrogens with one attached hydrogen (secondary N) is 1. The Morgan fingerprint density at radius 2 is 1.81 bits per heavy atom. The number of alkyl halides is 2. The predicted molar refractivity (Wildman–Crippen MR) is 118 cm³/mol. The maximum Gasteiger partial charge on any atom is 0.387 e. The summed E-state index contributed by atoms with van der Waals surface area (Å²) in [7, 11) is 0. The molecule has 32 heavy (non-hydrogen) atoms. The highest BCUT2D eigenvalue weighted by Gasteiger charge is 2.37. The van der Waals surface area contributed by atoms with Crippen molar-refractivity contribution in [2.75, 3.05) is 18.4 Å². The van der Waals surface area contributed by atoms with E-state index in [1.54, 1.807) is 18.2 Å². The number of hydrogen-bond acceptors (Lipinski definition) is 4. The van der Waals surface area contributed by atoms with Gasteiger partial charge in [0.2, 0.25) is 5.95 Å². The molecule has 0 radical (unpaired) electrons. The van der Waals surface area contributed by atoms with Crippen LogP contribution >= 0.6 is 0 Å².